The van der Waals surface area contributed by atoms with Crippen LogP contribution in [0.5, 0.6) is 0 Å². The van der Waals surface area contributed by atoms with Crippen molar-refractivity contribution in [3.8, 4) is 0 Å². The maximum atomic E-state index is 11.1. The van der Waals surface area contributed by atoms with E-state index < -0.39 is 12.1 Å². The summed E-state index contributed by atoms with van der Waals surface area (Å²) in [5.41, 5.74) is 1.50. The molecule has 0 aliphatic rings. The number of methoxy groups -OCH3 is 1. The number of carbonyl (C=O) groups is 1. The predicted octanol–water partition coefficient (Wildman–Crippen LogP) is 1.83. The van der Waals surface area contributed by atoms with Gasteiger partial charge in [-0.1, -0.05) is 18.2 Å². The molecule has 2 rings (SSSR count). The molecule has 0 spiro atoms. The predicted molar refractivity (Wildman–Crippen MR) is 63.3 cm³/mol. The largest absolute Gasteiger partial charge is 0.469 e. The molecule has 0 amide bonds. The third kappa shape index (κ3) is 2.42. The van der Waals surface area contributed by atoms with Crippen molar-refractivity contribution in [1.29, 1.82) is 0 Å². The molecule has 2 aromatic rings. The number of rotatable bonds is 3. The number of aromatic nitrogens is 1. The lowest BCUT2D eigenvalue weighted by molar-refractivity contribution is -0.142. The Morgan fingerprint density at radius 3 is 2.94 bits per heavy atom. The van der Waals surface area contributed by atoms with Crippen molar-refractivity contribution >= 4 is 16.9 Å². The van der Waals surface area contributed by atoms with Gasteiger partial charge in [-0.05, 0) is 17.7 Å². The van der Waals surface area contributed by atoms with Crippen LogP contribution in [0.3, 0.4) is 0 Å². The van der Waals surface area contributed by atoms with Gasteiger partial charge in [0.05, 0.1) is 25.2 Å². The van der Waals surface area contributed by atoms with Crippen LogP contribution in [0.4, 0.5) is 0 Å². The van der Waals surface area contributed by atoms with Gasteiger partial charge < -0.3 is 9.84 Å². The number of hydrogen-bond acceptors (Lipinski definition) is 4. The van der Waals surface area contributed by atoms with E-state index in [1.54, 1.807) is 12.3 Å². The van der Waals surface area contributed by atoms with E-state index in [1.165, 1.54) is 7.11 Å². The van der Waals surface area contributed by atoms with E-state index in [1.807, 2.05) is 24.3 Å². The first kappa shape index (κ1) is 11.5. The van der Waals surface area contributed by atoms with Crippen molar-refractivity contribution < 1.29 is 14.6 Å². The number of hydrogen-bond donors (Lipinski definition) is 1. The van der Waals surface area contributed by atoms with E-state index in [-0.39, 0.29) is 6.42 Å². The summed E-state index contributed by atoms with van der Waals surface area (Å²) in [5.74, 6) is -0.432. The highest BCUT2D eigenvalue weighted by molar-refractivity contribution is 5.83. The molecule has 4 heteroatoms. The van der Waals surface area contributed by atoms with Gasteiger partial charge in [-0.3, -0.25) is 9.78 Å². The van der Waals surface area contributed by atoms with Crippen molar-refractivity contribution in [2.24, 2.45) is 0 Å². The van der Waals surface area contributed by atoms with Crippen molar-refractivity contribution in [2.75, 3.05) is 7.11 Å². The maximum Gasteiger partial charge on any atom is 0.308 e. The fourth-order valence-corrected chi connectivity index (χ4v) is 1.76. The summed E-state index contributed by atoms with van der Waals surface area (Å²) in [6.45, 7) is 0. The number of benzene rings is 1. The lowest BCUT2D eigenvalue weighted by Gasteiger charge is -2.11. The molecule has 88 valence electrons. The van der Waals surface area contributed by atoms with Gasteiger partial charge in [0.2, 0.25) is 0 Å². The number of fused-ring (bicyclic) bond motifs is 1. The highest BCUT2D eigenvalue weighted by Gasteiger charge is 2.15. The second-order valence-corrected chi connectivity index (χ2v) is 3.71. The minimum absolute atomic E-state index is 0.0511. The Bertz CT molecular complexity index is 534. The van der Waals surface area contributed by atoms with Gasteiger partial charge in [0.1, 0.15) is 0 Å². The molecule has 1 heterocycles. The summed E-state index contributed by atoms with van der Waals surface area (Å²) in [4.78, 5) is 15.3. The number of para-hydroxylation sites is 1. The zero-order valence-electron chi connectivity index (χ0n) is 9.46. The van der Waals surface area contributed by atoms with Crippen LogP contribution in [0.15, 0.2) is 36.5 Å². The molecule has 17 heavy (non-hydrogen) atoms. The molecule has 4 nitrogen and oxygen atoms in total. The van der Waals surface area contributed by atoms with Gasteiger partial charge in [0, 0.05) is 11.6 Å². The van der Waals surface area contributed by atoms with Crippen LogP contribution in [0.1, 0.15) is 18.1 Å². The molecule has 1 aromatic heterocycles. The summed E-state index contributed by atoms with van der Waals surface area (Å²) in [7, 11) is 1.31. The quantitative estimate of drug-likeness (QED) is 0.819. The van der Waals surface area contributed by atoms with Crippen molar-refractivity contribution in [3.05, 3.63) is 42.1 Å². The molecule has 0 saturated heterocycles. The second kappa shape index (κ2) is 4.93. The SMILES string of the molecule is COC(=O)C[C@@H](O)c1ccnc2ccccc12. The van der Waals surface area contributed by atoms with Gasteiger partial charge >= 0.3 is 5.97 Å². The molecule has 0 aliphatic heterocycles. The van der Waals surface area contributed by atoms with Crippen molar-refractivity contribution in [2.45, 2.75) is 12.5 Å². The molecule has 1 aromatic carbocycles. The number of aliphatic hydroxyl groups excluding tert-OH is 1. The minimum Gasteiger partial charge on any atom is -0.469 e. The summed E-state index contributed by atoms with van der Waals surface area (Å²) >= 11 is 0. The fraction of sp³-hybridized carbons (Fsp3) is 0.231. The summed E-state index contributed by atoms with van der Waals surface area (Å²) in [6.07, 6.45) is 0.707. The smallest absolute Gasteiger partial charge is 0.308 e. The number of pyridine rings is 1. The zero-order chi connectivity index (χ0) is 12.3. The first-order chi connectivity index (χ1) is 8.22. The van der Waals surface area contributed by atoms with E-state index in [9.17, 15) is 9.90 Å². The van der Waals surface area contributed by atoms with Crippen LogP contribution in [0, 0.1) is 0 Å². The second-order valence-electron chi connectivity index (χ2n) is 3.71. The van der Waals surface area contributed by atoms with Gasteiger partial charge in [-0.2, -0.15) is 0 Å². The minimum atomic E-state index is -0.865. The van der Waals surface area contributed by atoms with E-state index >= 15 is 0 Å². The Hall–Kier alpha value is -1.94. The zero-order valence-corrected chi connectivity index (χ0v) is 9.46. The average molecular weight is 231 g/mol. The molecule has 0 unspecified atom stereocenters. The Morgan fingerprint density at radius 2 is 2.18 bits per heavy atom. The Kier molecular flexibility index (Phi) is 3.35. The summed E-state index contributed by atoms with van der Waals surface area (Å²) in [6, 6.07) is 9.21. The Balaban J connectivity index is 2.38. The van der Waals surface area contributed by atoms with Crippen LogP contribution in [0.2, 0.25) is 0 Å². The molecule has 0 saturated carbocycles. The average Bonchev–Trinajstić information content (AvgIpc) is 2.37. The van der Waals surface area contributed by atoms with Crippen LogP contribution < -0.4 is 0 Å². The monoisotopic (exact) mass is 231 g/mol. The molecule has 0 aliphatic carbocycles. The van der Waals surface area contributed by atoms with Gasteiger partial charge in [0.15, 0.2) is 0 Å². The first-order valence-electron chi connectivity index (χ1n) is 5.31. The van der Waals surface area contributed by atoms with Crippen LogP contribution >= 0.6 is 0 Å². The van der Waals surface area contributed by atoms with Gasteiger partial charge in [-0.25, -0.2) is 0 Å². The summed E-state index contributed by atoms with van der Waals surface area (Å²) < 4.78 is 4.54. The highest BCUT2D eigenvalue weighted by atomic mass is 16.5. The molecule has 0 fully saturated rings. The van der Waals surface area contributed by atoms with Crippen LogP contribution in [-0.2, 0) is 9.53 Å². The Labute approximate surface area is 98.9 Å². The van der Waals surface area contributed by atoms with Crippen molar-refractivity contribution in [1.82, 2.24) is 4.98 Å². The molecule has 0 bridgehead atoms. The van der Waals surface area contributed by atoms with Crippen LogP contribution in [0.25, 0.3) is 10.9 Å². The first-order valence-corrected chi connectivity index (χ1v) is 5.31. The van der Waals surface area contributed by atoms with Crippen LogP contribution in [-0.4, -0.2) is 23.2 Å². The molecule has 1 atom stereocenters. The lowest BCUT2D eigenvalue weighted by Crippen LogP contribution is -2.08. The number of esters is 1. The molecule has 1 N–H and O–H groups in total. The van der Waals surface area contributed by atoms with Gasteiger partial charge in [-0.15, -0.1) is 0 Å². The normalized spacial score (nSPS) is 12.4. The van der Waals surface area contributed by atoms with E-state index in [2.05, 4.69) is 9.72 Å². The number of ether oxygens (including phenoxy) is 1. The third-order valence-corrected chi connectivity index (χ3v) is 2.63. The standard InChI is InChI=1S/C13H13NO3/c1-17-13(16)8-12(15)10-6-7-14-11-5-3-2-4-9(10)11/h2-7,12,15H,8H2,1H3/t12-/m1/s1. The van der Waals surface area contributed by atoms with Gasteiger partial charge in [0.25, 0.3) is 0 Å². The van der Waals surface area contributed by atoms with E-state index in [0.717, 1.165) is 10.9 Å². The number of carbonyl (C=O) groups excluding carboxylic acids is 1. The van der Waals surface area contributed by atoms with E-state index in [0.29, 0.717) is 5.56 Å². The number of aliphatic hydroxyl groups is 1. The van der Waals surface area contributed by atoms with Crippen molar-refractivity contribution in [3.63, 3.8) is 0 Å². The topological polar surface area (TPSA) is 59.4 Å². The number of nitrogens with zero attached hydrogens (tertiary/aromatic N) is 1. The molecular weight excluding hydrogens is 218 g/mol. The maximum absolute atomic E-state index is 11.1. The molecule has 0 radical (unpaired) electrons. The molecular formula is C13H13NO3. The fourth-order valence-electron chi connectivity index (χ4n) is 1.76. The summed E-state index contributed by atoms with van der Waals surface area (Å²) in [5, 5.41) is 10.8. The lowest BCUT2D eigenvalue weighted by atomic mass is 10.0. The van der Waals surface area contributed by atoms with E-state index in [4.69, 9.17) is 0 Å². The highest BCUT2D eigenvalue weighted by Crippen LogP contribution is 2.24. The third-order valence-electron chi connectivity index (χ3n) is 2.63. The Morgan fingerprint density at radius 1 is 1.41 bits per heavy atom.